The molecule has 5 aromatic rings. The van der Waals surface area contributed by atoms with Gasteiger partial charge >= 0.3 is 11.9 Å². The van der Waals surface area contributed by atoms with Gasteiger partial charge in [0, 0.05) is 5.56 Å². The number of thiazole rings is 1. The van der Waals surface area contributed by atoms with E-state index in [-0.39, 0.29) is 18.1 Å². The maximum absolute atomic E-state index is 14.1. The van der Waals surface area contributed by atoms with Gasteiger partial charge in [0.2, 0.25) is 0 Å². The lowest BCUT2D eigenvalue weighted by Gasteiger charge is -2.25. The first-order chi connectivity index (χ1) is 23.0. The summed E-state index contributed by atoms with van der Waals surface area (Å²) in [5.41, 5.74) is 4.32. The van der Waals surface area contributed by atoms with Crippen LogP contribution in [0.5, 0.6) is 5.75 Å². The van der Waals surface area contributed by atoms with E-state index in [0.717, 1.165) is 22.3 Å². The zero-order chi connectivity index (χ0) is 32.8. The van der Waals surface area contributed by atoms with E-state index in [4.69, 9.17) is 19.2 Å². The number of aromatic nitrogens is 1. The Hall–Kier alpha value is -5.54. The molecule has 0 saturated carbocycles. The minimum absolute atomic E-state index is 0.192. The van der Waals surface area contributed by atoms with Crippen molar-refractivity contribution in [1.29, 1.82) is 0 Å². The van der Waals surface area contributed by atoms with Crippen molar-refractivity contribution >= 4 is 35.0 Å². The fourth-order valence-electron chi connectivity index (χ4n) is 5.32. The van der Waals surface area contributed by atoms with E-state index in [1.807, 2.05) is 103 Å². The Bertz CT molecular complexity index is 2100. The normalized spacial score (nSPS) is 14.3. The standard InChI is InChI=1S/C38H32N2O6S/c1-3-44-36(42)29-19-15-26(16-20-29)24-46-30-21-17-25(18-22-30)23-31-35(41)40-34(28-13-9-6-10-14-28)32(37(43)45-4-2)33(39-38(40)47-31)27-11-7-5-8-12-27/h5-23,34H,3-4,24H2,1-2H3/b31-23-/t34-/m1/s1. The molecule has 0 saturated heterocycles. The third kappa shape index (κ3) is 6.85. The summed E-state index contributed by atoms with van der Waals surface area (Å²) in [7, 11) is 0. The SMILES string of the molecule is CCOC(=O)C1=C(c2ccccc2)N=c2s/c(=C\c3ccc(OCc4ccc(C(=O)OCC)cc4)cc3)c(=O)n2[C@@H]1c1ccccc1. The highest BCUT2D eigenvalue weighted by Crippen LogP contribution is 2.35. The van der Waals surface area contributed by atoms with Crippen LogP contribution >= 0.6 is 11.3 Å². The van der Waals surface area contributed by atoms with E-state index in [1.54, 1.807) is 30.5 Å². The lowest BCUT2D eigenvalue weighted by molar-refractivity contribution is -0.138. The number of carbonyl (C=O) groups excluding carboxylic acids is 2. The number of carbonyl (C=O) groups is 2. The zero-order valence-electron chi connectivity index (χ0n) is 25.9. The fourth-order valence-corrected chi connectivity index (χ4v) is 6.32. The molecule has 1 atom stereocenters. The minimum atomic E-state index is -0.717. The number of fused-ring (bicyclic) bond motifs is 1. The summed E-state index contributed by atoms with van der Waals surface area (Å²) in [6.45, 7) is 4.38. The van der Waals surface area contributed by atoms with Gasteiger partial charge in [-0.2, -0.15) is 0 Å². The highest BCUT2D eigenvalue weighted by Gasteiger charge is 2.35. The summed E-state index contributed by atoms with van der Waals surface area (Å²) in [6, 6.07) is 32.8. The summed E-state index contributed by atoms with van der Waals surface area (Å²) < 4.78 is 18.6. The van der Waals surface area contributed by atoms with Crippen molar-refractivity contribution in [3.05, 3.63) is 162 Å². The predicted octanol–water partition coefficient (Wildman–Crippen LogP) is 5.69. The third-order valence-corrected chi connectivity index (χ3v) is 8.52. The largest absolute Gasteiger partial charge is 0.489 e. The Morgan fingerprint density at radius 3 is 2.11 bits per heavy atom. The molecule has 2 heterocycles. The van der Waals surface area contributed by atoms with Crippen LogP contribution in [0.25, 0.3) is 11.8 Å². The molecule has 0 amide bonds. The number of ether oxygens (including phenoxy) is 3. The van der Waals surface area contributed by atoms with Gasteiger partial charge in [-0.05, 0) is 60.9 Å². The second-order valence-electron chi connectivity index (χ2n) is 10.6. The molecule has 1 aliphatic rings. The number of nitrogens with zero attached hydrogens (tertiary/aromatic N) is 2. The zero-order valence-corrected chi connectivity index (χ0v) is 26.7. The van der Waals surface area contributed by atoms with Gasteiger partial charge in [0.25, 0.3) is 5.56 Å². The Labute approximate surface area is 275 Å². The topological polar surface area (TPSA) is 96.2 Å². The molecule has 6 rings (SSSR count). The lowest BCUT2D eigenvalue weighted by atomic mass is 9.93. The lowest BCUT2D eigenvalue weighted by Crippen LogP contribution is -2.39. The third-order valence-electron chi connectivity index (χ3n) is 7.54. The van der Waals surface area contributed by atoms with Crippen LogP contribution in [0.3, 0.4) is 0 Å². The molecule has 1 aromatic heterocycles. The number of hydrogen-bond donors (Lipinski definition) is 0. The molecule has 0 aliphatic carbocycles. The van der Waals surface area contributed by atoms with Gasteiger partial charge in [0.1, 0.15) is 12.4 Å². The van der Waals surface area contributed by atoms with Crippen LogP contribution in [0, 0.1) is 0 Å². The highest BCUT2D eigenvalue weighted by atomic mass is 32.1. The van der Waals surface area contributed by atoms with Crippen LogP contribution in [0.2, 0.25) is 0 Å². The monoisotopic (exact) mass is 644 g/mol. The molecule has 0 bridgehead atoms. The Morgan fingerprint density at radius 1 is 0.809 bits per heavy atom. The molecule has 0 unspecified atom stereocenters. The van der Waals surface area contributed by atoms with Crippen molar-refractivity contribution in [2.24, 2.45) is 4.99 Å². The van der Waals surface area contributed by atoms with Crippen LogP contribution in [0.4, 0.5) is 0 Å². The molecule has 8 nitrogen and oxygen atoms in total. The summed E-state index contributed by atoms with van der Waals surface area (Å²) in [5.74, 6) is -0.202. The molecule has 4 aromatic carbocycles. The van der Waals surface area contributed by atoms with E-state index in [0.29, 0.717) is 45.1 Å². The van der Waals surface area contributed by atoms with Gasteiger partial charge in [-0.3, -0.25) is 9.36 Å². The quantitative estimate of drug-likeness (QED) is 0.181. The van der Waals surface area contributed by atoms with Gasteiger partial charge in [-0.25, -0.2) is 14.6 Å². The molecule has 236 valence electrons. The number of esters is 2. The Kier molecular flexibility index (Phi) is 9.54. The van der Waals surface area contributed by atoms with E-state index < -0.39 is 12.0 Å². The molecule has 0 radical (unpaired) electrons. The van der Waals surface area contributed by atoms with E-state index in [9.17, 15) is 14.4 Å². The van der Waals surface area contributed by atoms with E-state index in [2.05, 4.69) is 0 Å². The first-order valence-corrected chi connectivity index (χ1v) is 16.1. The Balaban J connectivity index is 1.33. The summed E-state index contributed by atoms with van der Waals surface area (Å²) >= 11 is 1.28. The molecule has 1 aliphatic heterocycles. The van der Waals surface area contributed by atoms with Crippen molar-refractivity contribution in [2.45, 2.75) is 26.5 Å². The first kappa shape index (κ1) is 31.4. The first-order valence-electron chi connectivity index (χ1n) is 15.3. The van der Waals surface area contributed by atoms with Gasteiger partial charge in [0.15, 0.2) is 4.80 Å². The summed E-state index contributed by atoms with van der Waals surface area (Å²) in [6.07, 6.45) is 1.82. The molecule has 47 heavy (non-hydrogen) atoms. The number of rotatable bonds is 10. The van der Waals surface area contributed by atoms with Crippen LogP contribution < -0.4 is 19.6 Å². The molecule has 0 N–H and O–H groups in total. The van der Waals surface area contributed by atoms with Gasteiger partial charge < -0.3 is 14.2 Å². The maximum atomic E-state index is 14.1. The number of benzene rings is 4. The molecular weight excluding hydrogens is 612 g/mol. The van der Waals surface area contributed by atoms with Crippen molar-refractivity contribution in [2.75, 3.05) is 13.2 Å². The van der Waals surface area contributed by atoms with Crippen LogP contribution in [0.1, 0.15) is 52.5 Å². The van der Waals surface area contributed by atoms with Crippen LogP contribution in [0.15, 0.2) is 125 Å². The molecule has 0 fully saturated rings. The summed E-state index contributed by atoms with van der Waals surface area (Å²) in [4.78, 5) is 44.9. The average Bonchev–Trinajstić information content (AvgIpc) is 3.42. The van der Waals surface area contributed by atoms with Crippen molar-refractivity contribution in [3.8, 4) is 5.75 Å². The van der Waals surface area contributed by atoms with E-state index in [1.165, 1.54) is 11.3 Å². The van der Waals surface area contributed by atoms with Crippen molar-refractivity contribution in [1.82, 2.24) is 4.57 Å². The Morgan fingerprint density at radius 2 is 1.45 bits per heavy atom. The van der Waals surface area contributed by atoms with Gasteiger partial charge in [0.05, 0.1) is 40.6 Å². The van der Waals surface area contributed by atoms with Crippen molar-refractivity contribution < 1.29 is 23.8 Å². The van der Waals surface area contributed by atoms with Gasteiger partial charge in [-0.15, -0.1) is 0 Å². The minimum Gasteiger partial charge on any atom is -0.489 e. The van der Waals surface area contributed by atoms with Crippen LogP contribution in [-0.4, -0.2) is 29.7 Å². The van der Waals surface area contributed by atoms with Crippen molar-refractivity contribution in [3.63, 3.8) is 0 Å². The molecular formula is C38H32N2O6S. The second-order valence-corrected chi connectivity index (χ2v) is 11.6. The van der Waals surface area contributed by atoms with E-state index >= 15 is 0 Å². The average molecular weight is 645 g/mol. The van der Waals surface area contributed by atoms with Crippen LogP contribution in [-0.2, 0) is 20.9 Å². The fraction of sp³-hybridized carbons (Fsp3) is 0.158. The smallest absolute Gasteiger partial charge is 0.338 e. The van der Waals surface area contributed by atoms with Gasteiger partial charge in [-0.1, -0.05) is 96.3 Å². The molecule has 9 heteroatoms. The predicted molar refractivity (Wildman–Crippen MR) is 181 cm³/mol. The second kappa shape index (κ2) is 14.3. The highest BCUT2D eigenvalue weighted by molar-refractivity contribution is 7.07. The maximum Gasteiger partial charge on any atom is 0.338 e. The number of hydrogen-bond acceptors (Lipinski definition) is 8. The summed E-state index contributed by atoms with van der Waals surface area (Å²) in [5, 5.41) is 0. The molecule has 0 spiro atoms.